The summed E-state index contributed by atoms with van der Waals surface area (Å²) in [5.41, 5.74) is 1.97. The van der Waals surface area contributed by atoms with Crippen LogP contribution in [0, 0.1) is 0 Å². The van der Waals surface area contributed by atoms with Crippen molar-refractivity contribution in [1.82, 2.24) is 10.2 Å². The third-order valence-corrected chi connectivity index (χ3v) is 4.57. The number of hydrogen-bond acceptors (Lipinski definition) is 4. The van der Waals surface area contributed by atoms with E-state index in [1.54, 1.807) is 26.2 Å². The molecule has 0 radical (unpaired) electrons. The number of carbonyl (C=O) groups excluding carboxylic acids is 2. The Morgan fingerprint density at radius 2 is 1.71 bits per heavy atom. The summed E-state index contributed by atoms with van der Waals surface area (Å²) < 4.78 is 10.6. The van der Waals surface area contributed by atoms with E-state index in [-0.39, 0.29) is 24.3 Å². The molecular formula is C22H28N2O4. The van der Waals surface area contributed by atoms with Crippen LogP contribution in [0.3, 0.4) is 0 Å². The zero-order chi connectivity index (χ0) is 20.5. The topological polar surface area (TPSA) is 67.9 Å². The smallest absolute Gasteiger partial charge is 0.224 e. The van der Waals surface area contributed by atoms with E-state index in [0.717, 1.165) is 11.1 Å². The standard InChI is InChI=1S/C22H28N2O4/c1-16(25)23-19(18-8-6-5-7-9-18)15-22(26)24(2)13-12-17-10-11-20(27-3)21(14-17)28-4/h5-11,14,19H,12-13,15H2,1-4H3,(H,23,25)/t19-/m1/s1. The molecule has 2 amide bonds. The molecular weight excluding hydrogens is 356 g/mol. The van der Waals surface area contributed by atoms with Crippen molar-refractivity contribution >= 4 is 11.8 Å². The summed E-state index contributed by atoms with van der Waals surface area (Å²) >= 11 is 0. The average molecular weight is 384 g/mol. The van der Waals surface area contributed by atoms with E-state index in [2.05, 4.69) is 5.32 Å². The molecule has 2 aromatic rings. The molecule has 0 saturated carbocycles. The quantitative estimate of drug-likeness (QED) is 0.722. The van der Waals surface area contributed by atoms with Gasteiger partial charge in [0.1, 0.15) is 0 Å². The highest BCUT2D eigenvalue weighted by atomic mass is 16.5. The van der Waals surface area contributed by atoms with Gasteiger partial charge in [-0.25, -0.2) is 0 Å². The molecule has 2 aromatic carbocycles. The number of ether oxygens (including phenoxy) is 2. The van der Waals surface area contributed by atoms with E-state index in [1.807, 2.05) is 48.5 Å². The summed E-state index contributed by atoms with van der Waals surface area (Å²) in [6.07, 6.45) is 0.908. The van der Waals surface area contributed by atoms with Crippen LogP contribution in [0.1, 0.15) is 30.5 Å². The Hall–Kier alpha value is -3.02. The Kier molecular flexibility index (Phi) is 7.87. The molecule has 0 saturated heterocycles. The molecule has 2 rings (SSSR count). The first-order valence-electron chi connectivity index (χ1n) is 9.21. The van der Waals surface area contributed by atoms with Crippen molar-refractivity contribution in [2.45, 2.75) is 25.8 Å². The fourth-order valence-corrected chi connectivity index (χ4v) is 2.97. The molecule has 28 heavy (non-hydrogen) atoms. The lowest BCUT2D eigenvalue weighted by atomic mass is 10.0. The van der Waals surface area contributed by atoms with E-state index in [1.165, 1.54) is 6.92 Å². The molecule has 0 aromatic heterocycles. The third-order valence-electron chi connectivity index (χ3n) is 4.57. The van der Waals surface area contributed by atoms with Crippen LogP contribution >= 0.6 is 0 Å². The minimum absolute atomic E-state index is 0.0249. The third kappa shape index (κ3) is 6.01. The molecule has 1 atom stereocenters. The first-order chi connectivity index (χ1) is 13.4. The number of nitrogens with zero attached hydrogens (tertiary/aromatic N) is 1. The van der Waals surface area contributed by atoms with Crippen molar-refractivity contribution in [3.05, 3.63) is 59.7 Å². The van der Waals surface area contributed by atoms with E-state index in [0.29, 0.717) is 24.5 Å². The molecule has 0 aliphatic heterocycles. The number of carbonyl (C=O) groups is 2. The SMILES string of the molecule is COc1ccc(CCN(C)C(=O)C[C@@H](NC(C)=O)c2ccccc2)cc1OC. The molecule has 0 aliphatic carbocycles. The predicted octanol–water partition coefficient (Wildman–Crippen LogP) is 2.97. The van der Waals surface area contributed by atoms with Gasteiger partial charge in [-0.05, 0) is 29.7 Å². The second-order valence-corrected chi connectivity index (χ2v) is 6.62. The maximum Gasteiger partial charge on any atom is 0.224 e. The average Bonchev–Trinajstić information content (AvgIpc) is 2.71. The molecule has 0 heterocycles. The second kappa shape index (κ2) is 10.3. The van der Waals surface area contributed by atoms with E-state index in [9.17, 15) is 9.59 Å². The van der Waals surface area contributed by atoms with Gasteiger partial charge in [0, 0.05) is 20.5 Å². The van der Waals surface area contributed by atoms with Gasteiger partial charge in [0.05, 0.1) is 26.7 Å². The summed E-state index contributed by atoms with van der Waals surface area (Å²) in [6, 6.07) is 14.9. The number of amides is 2. The van der Waals surface area contributed by atoms with Gasteiger partial charge >= 0.3 is 0 Å². The number of methoxy groups -OCH3 is 2. The minimum atomic E-state index is -0.338. The van der Waals surface area contributed by atoms with Crippen molar-refractivity contribution in [3.63, 3.8) is 0 Å². The Labute approximate surface area is 166 Å². The van der Waals surface area contributed by atoms with Crippen LogP contribution in [-0.4, -0.2) is 44.5 Å². The maximum absolute atomic E-state index is 12.7. The lowest BCUT2D eigenvalue weighted by Crippen LogP contribution is -2.34. The van der Waals surface area contributed by atoms with Crippen LogP contribution < -0.4 is 14.8 Å². The fourth-order valence-electron chi connectivity index (χ4n) is 2.97. The Morgan fingerprint density at radius 3 is 2.32 bits per heavy atom. The highest BCUT2D eigenvalue weighted by Gasteiger charge is 2.19. The fraction of sp³-hybridized carbons (Fsp3) is 0.364. The lowest BCUT2D eigenvalue weighted by molar-refractivity contribution is -0.130. The van der Waals surface area contributed by atoms with E-state index < -0.39 is 0 Å². The van der Waals surface area contributed by atoms with Gasteiger partial charge in [-0.3, -0.25) is 9.59 Å². The van der Waals surface area contributed by atoms with Gasteiger partial charge in [-0.1, -0.05) is 36.4 Å². The van der Waals surface area contributed by atoms with Crippen molar-refractivity contribution in [2.24, 2.45) is 0 Å². The lowest BCUT2D eigenvalue weighted by Gasteiger charge is -2.23. The van der Waals surface area contributed by atoms with E-state index >= 15 is 0 Å². The Morgan fingerprint density at radius 1 is 1.04 bits per heavy atom. The predicted molar refractivity (Wildman–Crippen MR) is 109 cm³/mol. The van der Waals surface area contributed by atoms with Gasteiger partial charge in [-0.2, -0.15) is 0 Å². The normalized spacial score (nSPS) is 11.4. The maximum atomic E-state index is 12.7. The van der Waals surface area contributed by atoms with Gasteiger partial charge < -0.3 is 19.7 Å². The molecule has 6 heteroatoms. The van der Waals surface area contributed by atoms with Gasteiger partial charge in [0.15, 0.2) is 11.5 Å². The Bertz CT molecular complexity index is 792. The summed E-state index contributed by atoms with van der Waals surface area (Å²) in [5, 5.41) is 2.87. The van der Waals surface area contributed by atoms with Crippen LogP contribution in [0.25, 0.3) is 0 Å². The number of benzene rings is 2. The summed E-state index contributed by atoms with van der Waals surface area (Å²) in [7, 11) is 4.98. The first kappa shape index (κ1) is 21.3. The molecule has 0 spiro atoms. The van der Waals surface area contributed by atoms with Gasteiger partial charge in [0.2, 0.25) is 11.8 Å². The van der Waals surface area contributed by atoms with Crippen molar-refractivity contribution in [1.29, 1.82) is 0 Å². The van der Waals surface area contributed by atoms with Gasteiger partial charge in [0.25, 0.3) is 0 Å². The second-order valence-electron chi connectivity index (χ2n) is 6.62. The van der Waals surface area contributed by atoms with Crippen molar-refractivity contribution in [3.8, 4) is 11.5 Å². The van der Waals surface area contributed by atoms with Crippen LogP contribution in [0.5, 0.6) is 11.5 Å². The highest BCUT2D eigenvalue weighted by Crippen LogP contribution is 2.27. The molecule has 6 nitrogen and oxygen atoms in total. The molecule has 1 N–H and O–H groups in total. The summed E-state index contributed by atoms with van der Waals surface area (Å²) in [5.74, 6) is 1.16. The van der Waals surface area contributed by atoms with Crippen LogP contribution in [0.15, 0.2) is 48.5 Å². The van der Waals surface area contributed by atoms with Gasteiger partial charge in [-0.15, -0.1) is 0 Å². The van der Waals surface area contributed by atoms with Crippen LogP contribution in [0.4, 0.5) is 0 Å². The zero-order valence-electron chi connectivity index (χ0n) is 16.9. The number of rotatable bonds is 9. The Balaban J connectivity index is 1.98. The minimum Gasteiger partial charge on any atom is -0.493 e. The number of likely N-dealkylation sites (N-methyl/N-ethyl adjacent to an activating group) is 1. The van der Waals surface area contributed by atoms with E-state index in [4.69, 9.17) is 9.47 Å². The molecule has 0 bridgehead atoms. The van der Waals surface area contributed by atoms with Crippen molar-refractivity contribution in [2.75, 3.05) is 27.8 Å². The molecule has 0 aliphatic rings. The molecule has 150 valence electrons. The highest BCUT2D eigenvalue weighted by molar-refractivity contribution is 5.79. The summed E-state index contributed by atoms with van der Waals surface area (Å²) in [6.45, 7) is 2.02. The largest absolute Gasteiger partial charge is 0.493 e. The molecule has 0 fully saturated rings. The first-order valence-corrected chi connectivity index (χ1v) is 9.21. The van der Waals surface area contributed by atoms with Crippen LogP contribution in [-0.2, 0) is 16.0 Å². The zero-order valence-corrected chi connectivity index (χ0v) is 16.9. The monoisotopic (exact) mass is 384 g/mol. The number of hydrogen-bond donors (Lipinski definition) is 1. The number of nitrogens with one attached hydrogen (secondary N) is 1. The van der Waals surface area contributed by atoms with Crippen molar-refractivity contribution < 1.29 is 19.1 Å². The molecule has 0 unspecified atom stereocenters. The summed E-state index contributed by atoms with van der Waals surface area (Å²) in [4.78, 5) is 25.9. The van der Waals surface area contributed by atoms with Crippen LogP contribution in [0.2, 0.25) is 0 Å².